The molecule has 5 nitrogen and oxygen atoms in total. The van der Waals surface area contributed by atoms with Crippen LogP contribution in [-0.2, 0) is 4.79 Å². The lowest BCUT2D eigenvalue weighted by Gasteiger charge is -2.26. The summed E-state index contributed by atoms with van der Waals surface area (Å²) in [6.07, 6.45) is 8.41. The Hall–Kier alpha value is -2.22. The molecule has 2 aliphatic rings. The lowest BCUT2D eigenvalue weighted by atomic mass is 10.1. The van der Waals surface area contributed by atoms with Crippen LogP contribution in [0.4, 0.5) is 5.88 Å². The van der Waals surface area contributed by atoms with E-state index in [0.717, 1.165) is 51.3 Å². The molecule has 3 rings (SSSR count). The van der Waals surface area contributed by atoms with Crippen LogP contribution in [-0.4, -0.2) is 37.0 Å². The van der Waals surface area contributed by atoms with E-state index < -0.39 is 0 Å². The van der Waals surface area contributed by atoms with Gasteiger partial charge in [-0.3, -0.25) is 4.79 Å². The molecule has 0 saturated carbocycles. The zero-order valence-electron chi connectivity index (χ0n) is 13.5. The van der Waals surface area contributed by atoms with Crippen molar-refractivity contribution in [2.45, 2.75) is 38.5 Å². The number of hydrogen-bond acceptors (Lipinski definition) is 4. The lowest BCUT2D eigenvalue weighted by Crippen LogP contribution is -2.36. The molecule has 0 radical (unpaired) electrons. The van der Waals surface area contributed by atoms with Crippen molar-refractivity contribution in [2.75, 3.05) is 31.1 Å². The number of likely N-dealkylation sites (tertiary alicyclic amines) is 1. The predicted octanol–water partition coefficient (Wildman–Crippen LogP) is 3.19. The molecule has 0 bridgehead atoms. The number of anilines is 1. The Kier molecular flexibility index (Phi) is 5.02. The summed E-state index contributed by atoms with van der Waals surface area (Å²) in [5.74, 6) is 1.23. The molecule has 0 aromatic carbocycles. The molecule has 2 fully saturated rings. The van der Waals surface area contributed by atoms with E-state index >= 15 is 0 Å². The average molecular weight is 313 g/mol. The standard InChI is InChI=1S/C18H23N3O2/c19-14-15(18(22)21-11-5-2-6-12-21)13-16-7-8-17(23-16)20-9-3-1-4-10-20/h7-8,13H,1-6,9-12H2/b15-13-. The fourth-order valence-electron chi connectivity index (χ4n) is 3.26. The Morgan fingerprint density at radius 3 is 2.35 bits per heavy atom. The third-order valence-corrected chi connectivity index (χ3v) is 4.56. The number of hydrogen-bond donors (Lipinski definition) is 0. The minimum absolute atomic E-state index is 0.159. The first-order valence-electron chi connectivity index (χ1n) is 8.54. The quantitative estimate of drug-likeness (QED) is 0.635. The van der Waals surface area contributed by atoms with Gasteiger partial charge in [-0.15, -0.1) is 0 Å². The van der Waals surface area contributed by atoms with Crippen LogP contribution in [0.5, 0.6) is 0 Å². The molecule has 0 spiro atoms. The number of carbonyl (C=O) groups is 1. The summed E-state index contributed by atoms with van der Waals surface area (Å²) >= 11 is 0. The number of furan rings is 1. The van der Waals surface area contributed by atoms with Gasteiger partial charge in [-0.1, -0.05) is 0 Å². The summed E-state index contributed by atoms with van der Waals surface area (Å²) in [5, 5.41) is 9.33. The van der Waals surface area contributed by atoms with Gasteiger partial charge < -0.3 is 14.2 Å². The SMILES string of the molecule is N#C/C(=C/c1ccc(N2CCCCC2)o1)C(=O)N1CCCCC1. The van der Waals surface area contributed by atoms with E-state index in [0.29, 0.717) is 5.76 Å². The van der Waals surface area contributed by atoms with Crippen molar-refractivity contribution in [3.63, 3.8) is 0 Å². The number of rotatable bonds is 3. The predicted molar refractivity (Wildman–Crippen MR) is 88.8 cm³/mol. The van der Waals surface area contributed by atoms with Crippen LogP contribution in [0.15, 0.2) is 22.1 Å². The van der Waals surface area contributed by atoms with Gasteiger partial charge in [0, 0.05) is 38.3 Å². The number of carbonyl (C=O) groups excluding carboxylic acids is 1. The van der Waals surface area contributed by atoms with Crippen LogP contribution in [0.2, 0.25) is 0 Å². The van der Waals surface area contributed by atoms with E-state index in [1.54, 1.807) is 11.0 Å². The van der Waals surface area contributed by atoms with Gasteiger partial charge >= 0.3 is 0 Å². The van der Waals surface area contributed by atoms with Gasteiger partial charge in [0.15, 0.2) is 5.88 Å². The molecule has 1 aromatic heterocycles. The second-order valence-electron chi connectivity index (χ2n) is 6.25. The first kappa shape index (κ1) is 15.7. The van der Waals surface area contributed by atoms with Crippen LogP contribution in [0.3, 0.4) is 0 Å². The maximum Gasteiger partial charge on any atom is 0.264 e. The molecule has 1 amide bonds. The molecule has 0 unspecified atom stereocenters. The Labute approximate surface area is 137 Å². The number of nitrogens with zero attached hydrogens (tertiary/aromatic N) is 3. The largest absolute Gasteiger partial charge is 0.441 e. The maximum atomic E-state index is 12.4. The Balaban J connectivity index is 1.72. The zero-order valence-corrected chi connectivity index (χ0v) is 13.5. The van der Waals surface area contributed by atoms with Crippen molar-refractivity contribution in [1.29, 1.82) is 5.26 Å². The van der Waals surface area contributed by atoms with Crippen molar-refractivity contribution in [3.05, 3.63) is 23.5 Å². The molecular formula is C18H23N3O2. The molecule has 1 aromatic rings. The third-order valence-electron chi connectivity index (χ3n) is 4.56. The maximum absolute atomic E-state index is 12.4. The van der Waals surface area contributed by atoms with E-state index in [4.69, 9.17) is 4.42 Å². The molecule has 2 aliphatic heterocycles. The third kappa shape index (κ3) is 3.76. The highest BCUT2D eigenvalue weighted by Crippen LogP contribution is 2.24. The van der Waals surface area contributed by atoms with Crippen LogP contribution in [0.1, 0.15) is 44.3 Å². The van der Waals surface area contributed by atoms with Gasteiger partial charge in [0.25, 0.3) is 5.91 Å². The molecule has 3 heterocycles. The van der Waals surface area contributed by atoms with Crippen molar-refractivity contribution in [2.24, 2.45) is 0 Å². The topological polar surface area (TPSA) is 60.5 Å². The first-order valence-corrected chi connectivity index (χ1v) is 8.54. The zero-order chi connectivity index (χ0) is 16.1. The smallest absolute Gasteiger partial charge is 0.264 e. The molecule has 0 aliphatic carbocycles. The van der Waals surface area contributed by atoms with Crippen LogP contribution in [0, 0.1) is 11.3 Å². The molecule has 0 N–H and O–H groups in total. The summed E-state index contributed by atoms with van der Waals surface area (Å²) in [7, 11) is 0. The summed E-state index contributed by atoms with van der Waals surface area (Å²) < 4.78 is 5.82. The van der Waals surface area contributed by atoms with Gasteiger partial charge in [-0.05, 0) is 44.6 Å². The highest BCUT2D eigenvalue weighted by molar-refractivity contribution is 6.01. The minimum atomic E-state index is -0.178. The van der Waals surface area contributed by atoms with E-state index in [1.165, 1.54) is 19.3 Å². The highest BCUT2D eigenvalue weighted by atomic mass is 16.4. The molecule has 5 heteroatoms. The number of nitriles is 1. The first-order chi connectivity index (χ1) is 11.3. The molecule has 23 heavy (non-hydrogen) atoms. The monoisotopic (exact) mass is 313 g/mol. The van der Waals surface area contributed by atoms with Gasteiger partial charge in [0.1, 0.15) is 17.4 Å². The van der Waals surface area contributed by atoms with E-state index in [2.05, 4.69) is 4.90 Å². The Morgan fingerprint density at radius 2 is 1.70 bits per heavy atom. The fourth-order valence-corrected chi connectivity index (χ4v) is 3.26. The highest BCUT2D eigenvalue weighted by Gasteiger charge is 2.21. The molecule has 0 atom stereocenters. The van der Waals surface area contributed by atoms with E-state index in [9.17, 15) is 10.1 Å². The van der Waals surface area contributed by atoms with Gasteiger partial charge in [-0.2, -0.15) is 5.26 Å². The number of piperidine rings is 2. The number of amides is 1. The Bertz CT molecular complexity index is 614. The minimum Gasteiger partial charge on any atom is -0.441 e. The van der Waals surface area contributed by atoms with E-state index in [-0.39, 0.29) is 11.5 Å². The summed E-state index contributed by atoms with van der Waals surface area (Å²) in [5.41, 5.74) is 0.159. The second kappa shape index (κ2) is 7.36. The lowest BCUT2D eigenvalue weighted by molar-refractivity contribution is -0.127. The Morgan fingerprint density at radius 1 is 1.04 bits per heavy atom. The van der Waals surface area contributed by atoms with Crippen LogP contribution < -0.4 is 4.90 Å². The van der Waals surface area contributed by atoms with Crippen molar-refractivity contribution in [3.8, 4) is 6.07 Å². The average Bonchev–Trinajstić information content (AvgIpc) is 3.09. The molecule has 122 valence electrons. The van der Waals surface area contributed by atoms with E-state index in [1.807, 2.05) is 18.2 Å². The van der Waals surface area contributed by atoms with Gasteiger partial charge in [0.2, 0.25) is 0 Å². The van der Waals surface area contributed by atoms with Crippen LogP contribution >= 0.6 is 0 Å². The fraction of sp³-hybridized carbons (Fsp3) is 0.556. The normalized spacial score (nSPS) is 19.5. The van der Waals surface area contributed by atoms with Crippen molar-refractivity contribution < 1.29 is 9.21 Å². The summed E-state index contributed by atoms with van der Waals surface area (Å²) in [6.45, 7) is 3.51. The van der Waals surface area contributed by atoms with Gasteiger partial charge in [0.05, 0.1) is 0 Å². The second-order valence-corrected chi connectivity index (χ2v) is 6.25. The molecule has 2 saturated heterocycles. The van der Waals surface area contributed by atoms with Crippen LogP contribution in [0.25, 0.3) is 6.08 Å². The van der Waals surface area contributed by atoms with Crippen molar-refractivity contribution >= 4 is 17.9 Å². The summed E-state index contributed by atoms with van der Waals surface area (Å²) in [4.78, 5) is 16.4. The molecular weight excluding hydrogens is 290 g/mol. The van der Waals surface area contributed by atoms with Crippen molar-refractivity contribution in [1.82, 2.24) is 4.90 Å². The summed E-state index contributed by atoms with van der Waals surface area (Å²) in [6, 6.07) is 5.80. The van der Waals surface area contributed by atoms with Gasteiger partial charge in [-0.25, -0.2) is 0 Å².